The van der Waals surface area contributed by atoms with E-state index in [1.165, 1.54) is 6.33 Å². The van der Waals surface area contributed by atoms with Crippen molar-refractivity contribution in [1.29, 1.82) is 0 Å². The van der Waals surface area contributed by atoms with Crippen LogP contribution in [0.2, 0.25) is 0 Å². The van der Waals surface area contributed by atoms with Crippen LogP contribution < -0.4 is 5.32 Å². The number of hydrogen-bond donors (Lipinski definition) is 2. The van der Waals surface area contributed by atoms with Crippen molar-refractivity contribution in [2.45, 2.75) is 23.8 Å². The van der Waals surface area contributed by atoms with Gasteiger partial charge in [-0.15, -0.1) is 0 Å². The Hall–Kier alpha value is -2.35. The molecule has 1 aromatic carbocycles. The Labute approximate surface area is 144 Å². The maximum atomic E-state index is 12.1. The highest BCUT2D eigenvalue weighted by Crippen LogP contribution is 2.18. The Morgan fingerprint density at radius 3 is 2.62 bits per heavy atom. The number of carbonyl (C=O) groups excluding carboxylic acids is 2. The van der Waals surface area contributed by atoms with Gasteiger partial charge < -0.3 is 10.2 Å². The first-order valence-corrected chi connectivity index (χ1v) is 8.84. The van der Waals surface area contributed by atoms with Gasteiger partial charge in [-0.2, -0.15) is 5.10 Å². The lowest BCUT2D eigenvalue weighted by Gasteiger charge is -2.15. The molecule has 0 atom stereocenters. The van der Waals surface area contributed by atoms with Crippen LogP contribution in [0.1, 0.15) is 28.8 Å². The molecule has 2 N–H and O–H groups in total. The van der Waals surface area contributed by atoms with Crippen LogP contribution in [-0.2, 0) is 10.5 Å². The van der Waals surface area contributed by atoms with Gasteiger partial charge in [0.05, 0.1) is 6.54 Å². The Morgan fingerprint density at radius 1 is 1.21 bits per heavy atom. The summed E-state index contributed by atoms with van der Waals surface area (Å²) in [6, 6.07) is 7.35. The maximum absolute atomic E-state index is 12.1. The number of nitrogens with one attached hydrogen (secondary N) is 2. The van der Waals surface area contributed by atoms with E-state index in [2.05, 4.69) is 20.5 Å². The van der Waals surface area contributed by atoms with Gasteiger partial charge in [0.15, 0.2) is 5.16 Å². The van der Waals surface area contributed by atoms with E-state index in [0.29, 0.717) is 5.56 Å². The van der Waals surface area contributed by atoms with Crippen molar-refractivity contribution in [1.82, 2.24) is 25.4 Å². The van der Waals surface area contributed by atoms with Crippen LogP contribution in [0.3, 0.4) is 0 Å². The number of aromatic nitrogens is 3. The summed E-state index contributed by atoms with van der Waals surface area (Å²) in [4.78, 5) is 29.9. The molecule has 8 heteroatoms. The zero-order chi connectivity index (χ0) is 16.8. The summed E-state index contributed by atoms with van der Waals surface area (Å²) in [6.07, 6.45) is 3.57. The number of amides is 2. The largest absolute Gasteiger partial charge is 0.343 e. The molecule has 1 aromatic heterocycles. The zero-order valence-corrected chi connectivity index (χ0v) is 14.0. The molecule has 7 nitrogen and oxygen atoms in total. The second-order valence-electron chi connectivity index (χ2n) is 5.55. The Kier molecular flexibility index (Phi) is 5.47. The second kappa shape index (κ2) is 7.96. The van der Waals surface area contributed by atoms with E-state index >= 15 is 0 Å². The van der Waals surface area contributed by atoms with Gasteiger partial charge in [-0.25, -0.2) is 4.98 Å². The topological polar surface area (TPSA) is 91.0 Å². The van der Waals surface area contributed by atoms with Crippen molar-refractivity contribution in [2.75, 3.05) is 19.6 Å². The SMILES string of the molecule is O=C(NCC(=O)N1CCCC1)c1ccc(CSc2ncn[nH]2)cc1. The third-order valence-electron chi connectivity index (χ3n) is 3.84. The molecule has 24 heavy (non-hydrogen) atoms. The highest BCUT2D eigenvalue weighted by molar-refractivity contribution is 7.98. The molecule has 0 aliphatic carbocycles. The van der Waals surface area contributed by atoms with E-state index in [9.17, 15) is 9.59 Å². The summed E-state index contributed by atoms with van der Waals surface area (Å²) >= 11 is 1.54. The molecule has 3 rings (SSSR count). The van der Waals surface area contributed by atoms with Crippen LogP contribution in [0.15, 0.2) is 35.7 Å². The Balaban J connectivity index is 1.47. The highest BCUT2D eigenvalue weighted by atomic mass is 32.2. The van der Waals surface area contributed by atoms with Crippen LogP contribution >= 0.6 is 11.8 Å². The van der Waals surface area contributed by atoms with E-state index in [0.717, 1.165) is 42.4 Å². The third-order valence-corrected chi connectivity index (χ3v) is 4.79. The van der Waals surface area contributed by atoms with E-state index in [1.807, 2.05) is 12.1 Å². The van der Waals surface area contributed by atoms with E-state index in [1.54, 1.807) is 28.8 Å². The molecule has 1 aliphatic heterocycles. The van der Waals surface area contributed by atoms with Crippen LogP contribution in [0.4, 0.5) is 0 Å². The first-order valence-electron chi connectivity index (χ1n) is 7.85. The summed E-state index contributed by atoms with van der Waals surface area (Å²) in [5.74, 6) is 0.503. The normalized spacial score (nSPS) is 13.9. The molecule has 0 unspecified atom stereocenters. The summed E-state index contributed by atoms with van der Waals surface area (Å²) in [5, 5.41) is 10.0. The molecule has 2 heterocycles. The molecule has 0 spiro atoms. The predicted molar refractivity (Wildman–Crippen MR) is 90.5 cm³/mol. The molecule has 0 saturated carbocycles. The number of rotatable bonds is 6. The quantitative estimate of drug-likeness (QED) is 0.773. The lowest BCUT2D eigenvalue weighted by molar-refractivity contribution is -0.129. The molecule has 2 amide bonds. The number of hydrogen-bond acceptors (Lipinski definition) is 5. The van der Waals surface area contributed by atoms with Crippen molar-refractivity contribution in [3.63, 3.8) is 0 Å². The number of benzene rings is 1. The fourth-order valence-corrected chi connectivity index (χ4v) is 3.24. The maximum Gasteiger partial charge on any atom is 0.251 e. The van der Waals surface area contributed by atoms with Gasteiger partial charge in [0.1, 0.15) is 6.33 Å². The van der Waals surface area contributed by atoms with Gasteiger partial charge in [-0.1, -0.05) is 23.9 Å². The van der Waals surface area contributed by atoms with Crippen molar-refractivity contribution in [3.05, 3.63) is 41.7 Å². The fraction of sp³-hybridized carbons (Fsp3) is 0.375. The summed E-state index contributed by atoms with van der Waals surface area (Å²) in [7, 11) is 0. The molecule has 0 bridgehead atoms. The molecular weight excluding hydrogens is 326 g/mol. The van der Waals surface area contributed by atoms with Gasteiger partial charge in [0.25, 0.3) is 5.91 Å². The lowest BCUT2D eigenvalue weighted by atomic mass is 10.1. The minimum Gasteiger partial charge on any atom is -0.343 e. The van der Waals surface area contributed by atoms with Crippen LogP contribution in [-0.4, -0.2) is 51.5 Å². The summed E-state index contributed by atoms with van der Waals surface area (Å²) in [6.45, 7) is 1.65. The number of nitrogens with zero attached hydrogens (tertiary/aromatic N) is 3. The van der Waals surface area contributed by atoms with Crippen molar-refractivity contribution >= 4 is 23.6 Å². The van der Waals surface area contributed by atoms with Gasteiger partial charge in [0, 0.05) is 24.4 Å². The predicted octanol–water partition coefficient (Wildman–Crippen LogP) is 1.45. The summed E-state index contributed by atoms with van der Waals surface area (Å²) < 4.78 is 0. The smallest absolute Gasteiger partial charge is 0.251 e. The van der Waals surface area contributed by atoms with Crippen LogP contribution in [0, 0.1) is 0 Å². The first-order chi connectivity index (χ1) is 11.7. The average Bonchev–Trinajstić information content (AvgIpc) is 3.31. The number of carbonyl (C=O) groups is 2. The average molecular weight is 345 g/mol. The minimum absolute atomic E-state index is 0.0130. The second-order valence-corrected chi connectivity index (χ2v) is 6.51. The van der Waals surface area contributed by atoms with E-state index in [4.69, 9.17) is 0 Å². The number of H-pyrrole nitrogens is 1. The van der Waals surface area contributed by atoms with Gasteiger partial charge in [-0.05, 0) is 30.5 Å². The molecule has 0 radical (unpaired) electrons. The molecule has 126 valence electrons. The molecule has 1 aliphatic rings. The van der Waals surface area contributed by atoms with Gasteiger partial charge >= 0.3 is 0 Å². The molecule has 2 aromatic rings. The number of aromatic amines is 1. The zero-order valence-electron chi connectivity index (χ0n) is 13.2. The standard InChI is InChI=1S/C16H19N5O2S/c22-14(21-7-1-2-8-21)9-17-15(23)13-5-3-12(4-6-13)10-24-16-18-11-19-20-16/h3-6,11H,1-2,7-10H2,(H,17,23)(H,18,19,20). The number of likely N-dealkylation sites (tertiary alicyclic amines) is 1. The Bertz CT molecular complexity index is 681. The van der Waals surface area contributed by atoms with Gasteiger partial charge in [-0.3, -0.25) is 14.7 Å². The Morgan fingerprint density at radius 2 is 1.96 bits per heavy atom. The first kappa shape index (κ1) is 16.5. The van der Waals surface area contributed by atoms with Crippen LogP contribution in [0.25, 0.3) is 0 Å². The third kappa shape index (κ3) is 4.35. The van der Waals surface area contributed by atoms with Gasteiger partial charge in [0.2, 0.25) is 5.91 Å². The lowest BCUT2D eigenvalue weighted by Crippen LogP contribution is -2.38. The monoisotopic (exact) mass is 345 g/mol. The highest BCUT2D eigenvalue weighted by Gasteiger charge is 2.18. The fourth-order valence-electron chi connectivity index (χ4n) is 2.50. The minimum atomic E-state index is -0.225. The molecule has 1 fully saturated rings. The summed E-state index contributed by atoms with van der Waals surface area (Å²) in [5.41, 5.74) is 1.64. The van der Waals surface area contributed by atoms with Crippen molar-refractivity contribution in [3.8, 4) is 0 Å². The molecular formula is C16H19N5O2S. The van der Waals surface area contributed by atoms with Crippen LogP contribution in [0.5, 0.6) is 0 Å². The van der Waals surface area contributed by atoms with E-state index in [-0.39, 0.29) is 18.4 Å². The molecule has 1 saturated heterocycles. The van der Waals surface area contributed by atoms with Crippen molar-refractivity contribution in [2.24, 2.45) is 0 Å². The number of thioether (sulfide) groups is 1. The van der Waals surface area contributed by atoms with E-state index < -0.39 is 0 Å². The van der Waals surface area contributed by atoms with Crippen molar-refractivity contribution < 1.29 is 9.59 Å².